The van der Waals surface area contributed by atoms with Gasteiger partial charge in [-0.3, -0.25) is 0 Å². The summed E-state index contributed by atoms with van der Waals surface area (Å²) < 4.78 is 0. The molecule has 0 N–H and O–H groups in total. The van der Waals surface area contributed by atoms with Crippen molar-refractivity contribution >= 4 is 57.2 Å². The van der Waals surface area contributed by atoms with Crippen LogP contribution in [0.3, 0.4) is 0 Å². The first-order valence-electron chi connectivity index (χ1n) is 17.4. The molecule has 0 bridgehead atoms. The molecule has 7 aromatic carbocycles. The largest absolute Gasteiger partial charge is 0.311 e. The molecule has 238 valence electrons. The third kappa shape index (κ3) is 4.85. The van der Waals surface area contributed by atoms with Gasteiger partial charge in [-0.1, -0.05) is 133 Å². The van der Waals surface area contributed by atoms with E-state index in [0.29, 0.717) is 5.82 Å². The number of aromatic nitrogens is 2. The molecule has 4 nitrogen and oxygen atoms in total. The molecule has 0 spiro atoms. The predicted octanol–water partition coefficient (Wildman–Crippen LogP) is 9.56. The van der Waals surface area contributed by atoms with Crippen LogP contribution in [-0.4, -0.2) is 16.7 Å². The molecular weight excluding hydrogens is 619 g/mol. The van der Waals surface area contributed by atoms with Gasteiger partial charge in [0.05, 0.1) is 11.4 Å². The first kappa shape index (κ1) is 29.2. The summed E-state index contributed by atoms with van der Waals surface area (Å²) in [6, 6.07) is 66.7. The Morgan fingerprint density at radius 1 is 0.353 bits per heavy atom. The van der Waals surface area contributed by atoms with Gasteiger partial charge < -0.3 is 9.80 Å². The highest BCUT2D eigenvalue weighted by atomic mass is 15.2. The van der Waals surface area contributed by atoms with Gasteiger partial charge >= 0.3 is 0 Å². The molecule has 0 amide bonds. The van der Waals surface area contributed by atoms with E-state index in [9.17, 15) is 0 Å². The maximum absolute atomic E-state index is 5.30. The van der Waals surface area contributed by atoms with Crippen molar-refractivity contribution in [3.05, 3.63) is 188 Å². The molecule has 0 aliphatic carbocycles. The van der Waals surface area contributed by atoms with Crippen molar-refractivity contribution in [2.24, 2.45) is 0 Å². The lowest BCUT2D eigenvalue weighted by Gasteiger charge is -2.44. The van der Waals surface area contributed by atoms with E-state index in [1.54, 1.807) is 0 Å². The van der Waals surface area contributed by atoms with Crippen LogP contribution in [0.25, 0.3) is 33.9 Å². The fraction of sp³-hybridized carbons (Fsp3) is 0. The summed E-state index contributed by atoms with van der Waals surface area (Å²) in [5, 5.41) is 0. The van der Waals surface area contributed by atoms with E-state index >= 15 is 0 Å². The molecule has 2 aliphatic rings. The summed E-state index contributed by atoms with van der Waals surface area (Å²) in [6.07, 6.45) is 0. The van der Waals surface area contributed by atoms with E-state index in [4.69, 9.17) is 9.97 Å². The minimum Gasteiger partial charge on any atom is -0.311 e. The summed E-state index contributed by atoms with van der Waals surface area (Å²) >= 11 is 0. The van der Waals surface area contributed by atoms with Gasteiger partial charge in [-0.2, -0.15) is 0 Å². The fourth-order valence-corrected chi connectivity index (χ4v) is 7.83. The van der Waals surface area contributed by atoms with Crippen LogP contribution in [0.2, 0.25) is 0 Å². The van der Waals surface area contributed by atoms with Crippen molar-refractivity contribution in [1.82, 2.24) is 9.97 Å². The van der Waals surface area contributed by atoms with Crippen LogP contribution in [0.1, 0.15) is 0 Å². The molecule has 0 atom stereocenters. The molecule has 51 heavy (non-hydrogen) atoms. The molecule has 5 heteroatoms. The van der Waals surface area contributed by atoms with Crippen molar-refractivity contribution in [1.29, 1.82) is 0 Å². The molecule has 10 rings (SSSR count). The minimum absolute atomic E-state index is 0.0489. The predicted molar refractivity (Wildman–Crippen MR) is 212 cm³/mol. The van der Waals surface area contributed by atoms with E-state index in [1.165, 1.54) is 27.8 Å². The maximum Gasteiger partial charge on any atom is 0.252 e. The van der Waals surface area contributed by atoms with E-state index in [1.807, 2.05) is 12.1 Å². The SMILES string of the molecule is c1ccc(-c2cc(-c3ccccc3)nc(-c3cc4c5c(c3)N(c3ccccc3)c3ccccc3B5c3ccccc3N4c3ccccc3)n2)cc1. The summed E-state index contributed by atoms with van der Waals surface area (Å²) in [5.74, 6) is 0.685. The van der Waals surface area contributed by atoms with E-state index < -0.39 is 0 Å². The highest BCUT2D eigenvalue weighted by Crippen LogP contribution is 2.45. The van der Waals surface area contributed by atoms with Crippen LogP contribution in [-0.2, 0) is 0 Å². The molecule has 0 saturated heterocycles. The number of nitrogens with zero attached hydrogens (tertiary/aromatic N) is 4. The zero-order chi connectivity index (χ0) is 33.7. The van der Waals surface area contributed by atoms with Crippen LogP contribution < -0.4 is 26.2 Å². The molecule has 0 fully saturated rings. The molecule has 0 radical (unpaired) electrons. The molecule has 0 saturated carbocycles. The second-order valence-corrected chi connectivity index (χ2v) is 13.0. The Bertz CT molecular complexity index is 2370. The number of rotatable bonds is 5. The van der Waals surface area contributed by atoms with E-state index in [-0.39, 0.29) is 6.71 Å². The molecule has 0 unspecified atom stereocenters. The second kappa shape index (κ2) is 12.0. The smallest absolute Gasteiger partial charge is 0.252 e. The minimum atomic E-state index is 0.0489. The summed E-state index contributed by atoms with van der Waals surface area (Å²) in [4.78, 5) is 15.4. The quantitative estimate of drug-likeness (QED) is 0.174. The van der Waals surface area contributed by atoms with Gasteiger partial charge in [0, 0.05) is 50.8 Å². The van der Waals surface area contributed by atoms with Gasteiger partial charge in [-0.05, 0) is 71.0 Å². The van der Waals surface area contributed by atoms with Crippen LogP contribution in [0, 0.1) is 0 Å². The van der Waals surface area contributed by atoms with Gasteiger partial charge in [0.2, 0.25) is 0 Å². The number of anilines is 6. The Labute approximate surface area is 298 Å². The highest BCUT2D eigenvalue weighted by Gasteiger charge is 2.43. The topological polar surface area (TPSA) is 32.3 Å². The third-order valence-electron chi connectivity index (χ3n) is 10.0. The van der Waals surface area contributed by atoms with Crippen LogP contribution in [0.4, 0.5) is 34.1 Å². The summed E-state index contributed by atoms with van der Waals surface area (Å²) in [7, 11) is 0. The Morgan fingerprint density at radius 3 is 1.20 bits per heavy atom. The molecular formula is C46H31BN4. The normalized spacial score (nSPS) is 12.6. The third-order valence-corrected chi connectivity index (χ3v) is 10.0. The number of fused-ring (bicyclic) bond motifs is 4. The van der Waals surface area contributed by atoms with Crippen LogP contribution in [0.15, 0.2) is 188 Å². The molecule has 8 aromatic rings. The molecule has 2 aliphatic heterocycles. The Kier molecular flexibility index (Phi) is 6.88. The fourth-order valence-electron chi connectivity index (χ4n) is 7.83. The lowest BCUT2D eigenvalue weighted by atomic mass is 9.33. The molecule has 3 heterocycles. The Hall–Kier alpha value is -6.72. The highest BCUT2D eigenvalue weighted by molar-refractivity contribution is 7.00. The Morgan fingerprint density at radius 2 is 0.745 bits per heavy atom. The molecule has 1 aromatic heterocycles. The summed E-state index contributed by atoms with van der Waals surface area (Å²) in [5.41, 5.74) is 15.5. The maximum atomic E-state index is 5.30. The van der Waals surface area contributed by atoms with Crippen molar-refractivity contribution in [3.8, 4) is 33.9 Å². The Balaban J connectivity index is 1.30. The first-order chi connectivity index (χ1) is 25.3. The average molecular weight is 651 g/mol. The van der Waals surface area contributed by atoms with Crippen molar-refractivity contribution in [2.75, 3.05) is 9.80 Å². The van der Waals surface area contributed by atoms with E-state index in [0.717, 1.165) is 50.8 Å². The average Bonchev–Trinajstić information content (AvgIpc) is 3.21. The van der Waals surface area contributed by atoms with Gasteiger partial charge in [0.1, 0.15) is 0 Å². The second-order valence-electron chi connectivity index (χ2n) is 13.0. The van der Waals surface area contributed by atoms with Gasteiger partial charge in [0.15, 0.2) is 5.82 Å². The number of benzene rings is 7. The standard InChI is InChI=1S/C46H31BN4/c1-5-17-32(18-6-1)39-31-40(33-19-7-2-8-20-33)49-46(48-39)34-29-43-45-44(30-34)51(36-23-11-4-12-24-36)42-28-16-14-26-38(42)47(45)37-25-13-15-27-41(37)50(43)35-21-9-3-10-22-35/h1-31H. The number of hydrogen-bond acceptors (Lipinski definition) is 4. The number of hydrogen-bond donors (Lipinski definition) is 0. The zero-order valence-electron chi connectivity index (χ0n) is 27.8. The van der Waals surface area contributed by atoms with Crippen molar-refractivity contribution < 1.29 is 0 Å². The van der Waals surface area contributed by atoms with Crippen LogP contribution in [0.5, 0.6) is 0 Å². The monoisotopic (exact) mass is 650 g/mol. The number of para-hydroxylation sites is 4. The lowest BCUT2D eigenvalue weighted by molar-refractivity contribution is 1.18. The van der Waals surface area contributed by atoms with Crippen molar-refractivity contribution in [3.63, 3.8) is 0 Å². The first-order valence-corrected chi connectivity index (χ1v) is 17.4. The van der Waals surface area contributed by atoms with Gasteiger partial charge in [-0.25, -0.2) is 9.97 Å². The van der Waals surface area contributed by atoms with Gasteiger partial charge in [0.25, 0.3) is 6.71 Å². The van der Waals surface area contributed by atoms with Crippen LogP contribution >= 0.6 is 0 Å². The lowest BCUT2D eigenvalue weighted by Crippen LogP contribution is -2.61. The van der Waals surface area contributed by atoms with Gasteiger partial charge in [-0.15, -0.1) is 0 Å². The van der Waals surface area contributed by atoms with Crippen molar-refractivity contribution in [2.45, 2.75) is 0 Å². The zero-order valence-corrected chi connectivity index (χ0v) is 27.8. The van der Waals surface area contributed by atoms with E-state index in [2.05, 4.69) is 186 Å². The summed E-state index contributed by atoms with van der Waals surface area (Å²) in [6.45, 7) is 0.0489.